The second kappa shape index (κ2) is 4.58. The van der Waals surface area contributed by atoms with Crippen molar-refractivity contribution in [2.24, 2.45) is 11.8 Å². The fraction of sp³-hybridized carbons (Fsp3) is 0.571. The Labute approximate surface area is 114 Å². The molecule has 2 fully saturated rings. The third-order valence-electron chi connectivity index (χ3n) is 4.19. The van der Waals surface area contributed by atoms with Crippen LogP contribution in [0.4, 0.5) is 0 Å². The maximum atomic E-state index is 12.7. The highest BCUT2D eigenvalue weighted by atomic mass is 32.2. The second-order valence-electron chi connectivity index (χ2n) is 5.82. The van der Waals surface area contributed by atoms with Gasteiger partial charge in [0.2, 0.25) is 10.0 Å². The maximum Gasteiger partial charge on any atom is 0.243 e. The summed E-state index contributed by atoms with van der Waals surface area (Å²) >= 11 is 0. The largest absolute Gasteiger partial charge is 0.316 e. The lowest BCUT2D eigenvalue weighted by Crippen LogP contribution is -2.32. The van der Waals surface area contributed by atoms with Gasteiger partial charge in [0.15, 0.2) is 0 Å². The zero-order chi connectivity index (χ0) is 13.6. The summed E-state index contributed by atoms with van der Waals surface area (Å²) in [5.41, 5.74) is 2.00. The summed E-state index contributed by atoms with van der Waals surface area (Å²) in [6.07, 6.45) is 0. The van der Waals surface area contributed by atoms with E-state index in [0.29, 0.717) is 29.8 Å². The molecule has 2 saturated heterocycles. The van der Waals surface area contributed by atoms with Gasteiger partial charge in [-0.3, -0.25) is 0 Å². The van der Waals surface area contributed by atoms with Crippen LogP contribution in [0, 0.1) is 25.7 Å². The first-order chi connectivity index (χ1) is 8.96. The Bertz CT molecular complexity index is 565. The van der Waals surface area contributed by atoms with Crippen molar-refractivity contribution in [1.29, 1.82) is 0 Å². The molecular weight excluding hydrogens is 260 g/mol. The number of rotatable bonds is 2. The highest BCUT2D eigenvalue weighted by Crippen LogP contribution is 2.31. The molecule has 0 aromatic heterocycles. The molecule has 0 bridgehead atoms. The number of fused-ring (bicyclic) bond motifs is 1. The number of aryl methyl sites for hydroxylation is 2. The molecule has 4 nitrogen and oxygen atoms in total. The summed E-state index contributed by atoms with van der Waals surface area (Å²) in [5, 5.41) is 3.33. The minimum absolute atomic E-state index is 0.443. The zero-order valence-corrected chi connectivity index (χ0v) is 12.2. The molecule has 0 radical (unpaired) electrons. The molecule has 104 valence electrons. The summed E-state index contributed by atoms with van der Waals surface area (Å²) in [6.45, 7) is 7.09. The van der Waals surface area contributed by atoms with E-state index in [1.54, 1.807) is 16.4 Å². The van der Waals surface area contributed by atoms with E-state index in [2.05, 4.69) is 5.32 Å². The van der Waals surface area contributed by atoms with E-state index in [1.807, 2.05) is 19.9 Å². The van der Waals surface area contributed by atoms with Crippen molar-refractivity contribution in [2.75, 3.05) is 26.2 Å². The van der Waals surface area contributed by atoms with Gasteiger partial charge in [0.25, 0.3) is 0 Å². The van der Waals surface area contributed by atoms with E-state index >= 15 is 0 Å². The molecule has 19 heavy (non-hydrogen) atoms. The van der Waals surface area contributed by atoms with Gasteiger partial charge in [-0.25, -0.2) is 8.42 Å². The average Bonchev–Trinajstić information content (AvgIpc) is 2.87. The minimum Gasteiger partial charge on any atom is -0.316 e. The van der Waals surface area contributed by atoms with Gasteiger partial charge in [0.05, 0.1) is 4.90 Å². The highest BCUT2D eigenvalue weighted by molar-refractivity contribution is 7.89. The Hall–Kier alpha value is -0.910. The molecule has 3 rings (SSSR count). The molecule has 2 atom stereocenters. The first kappa shape index (κ1) is 13.1. The number of benzene rings is 1. The van der Waals surface area contributed by atoms with E-state index in [4.69, 9.17) is 0 Å². The van der Waals surface area contributed by atoms with E-state index in [0.717, 1.165) is 24.2 Å². The number of hydrogen-bond donors (Lipinski definition) is 1. The summed E-state index contributed by atoms with van der Waals surface area (Å²) in [5.74, 6) is 0.973. The van der Waals surface area contributed by atoms with Gasteiger partial charge in [-0.15, -0.1) is 0 Å². The number of sulfonamides is 1. The highest BCUT2D eigenvalue weighted by Gasteiger charge is 2.41. The normalized spacial score (nSPS) is 27.7. The van der Waals surface area contributed by atoms with Gasteiger partial charge in [0.1, 0.15) is 0 Å². The van der Waals surface area contributed by atoms with Crippen LogP contribution in [-0.2, 0) is 10.0 Å². The molecule has 0 aliphatic carbocycles. The Morgan fingerprint density at radius 2 is 1.58 bits per heavy atom. The predicted molar refractivity (Wildman–Crippen MR) is 74.5 cm³/mol. The summed E-state index contributed by atoms with van der Waals surface area (Å²) in [4.78, 5) is 0.443. The zero-order valence-electron chi connectivity index (χ0n) is 11.4. The van der Waals surface area contributed by atoms with Crippen LogP contribution in [0.25, 0.3) is 0 Å². The Kier molecular flexibility index (Phi) is 3.15. The van der Waals surface area contributed by atoms with Gasteiger partial charge in [-0.2, -0.15) is 4.31 Å². The van der Waals surface area contributed by atoms with Gasteiger partial charge in [0, 0.05) is 13.1 Å². The lowest BCUT2D eigenvalue weighted by Gasteiger charge is -2.18. The standard InChI is InChI=1S/C14H20N2O2S/c1-10-3-11(2)5-14(4-10)19(17,18)16-8-12-6-15-7-13(12)9-16/h3-5,12-13,15H,6-9H2,1-2H3. The smallest absolute Gasteiger partial charge is 0.243 e. The molecule has 5 heteroatoms. The third-order valence-corrected chi connectivity index (χ3v) is 6.00. The first-order valence-electron chi connectivity index (χ1n) is 6.76. The van der Waals surface area contributed by atoms with Crippen molar-refractivity contribution in [2.45, 2.75) is 18.7 Å². The van der Waals surface area contributed by atoms with Crippen LogP contribution in [0.2, 0.25) is 0 Å². The fourth-order valence-corrected chi connectivity index (χ4v) is 4.98. The van der Waals surface area contributed by atoms with Gasteiger partial charge < -0.3 is 5.32 Å². The van der Waals surface area contributed by atoms with Crippen molar-refractivity contribution in [1.82, 2.24) is 9.62 Å². The molecule has 0 saturated carbocycles. The molecule has 2 heterocycles. The lowest BCUT2D eigenvalue weighted by atomic mass is 10.0. The van der Waals surface area contributed by atoms with Crippen molar-refractivity contribution >= 4 is 10.0 Å². The first-order valence-corrected chi connectivity index (χ1v) is 8.20. The van der Waals surface area contributed by atoms with E-state index in [1.165, 1.54) is 0 Å². The van der Waals surface area contributed by atoms with Gasteiger partial charge in [-0.1, -0.05) is 6.07 Å². The second-order valence-corrected chi connectivity index (χ2v) is 7.76. The predicted octanol–water partition coefficient (Wildman–Crippen LogP) is 1.14. The number of nitrogens with one attached hydrogen (secondary N) is 1. The van der Waals surface area contributed by atoms with Crippen molar-refractivity contribution in [3.8, 4) is 0 Å². The van der Waals surface area contributed by atoms with Crippen LogP contribution in [0.15, 0.2) is 23.1 Å². The average molecular weight is 280 g/mol. The topological polar surface area (TPSA) is 49.4 Å². The molecule has 0 amide bonds. The number of nitrogens with zero attached hydrogens (tertiary/aromatic N) is 1. The van der Waals surface area contributed by atoms with Crippen molar-refractivity contribution < 1.29 is 8.42 Å². The molecule has 2 aliphatic heterocycles. The molecule has 2 unspecified atom stereocenters. The Morgan fingerprint density at radius 3 is 2.11 bits per heavy atom. The lowest BCUT2D eigenvalue weighted by molar-refractivity contribution is 0.448. The fourth-order valence-electron chi connectivity index (χ4n) is 3.24. The summed E-state index contributed by atoms with van der Waals surface area (Å²) < 4.78 is 27.0. The quantitative estimate of drug-likeness (QED) is 0.884. The van der Waals surface area contributed by atoms with Crippen LogP contribution >= 0.6 is 0 Å². The van der Waals surface area contributed by atoms with Crippen LogP contribution in [0.3, 0.4) is 0 Å². The van der Waals surface area contributed by atoms with Gasteiger partial charge >= 0.3 is 0 Å². The van der Waals surface area contributed by atoms with Crippen molar-refractivity contribution in [3.63, 3.8) is 0 Å². The van der Waals surface area contributed by atoms with Crippen LogP contribution < -0.4 is 5.32 Å². The monoisotopic (exact) mass is 280 g/mol. The van der Waals surface area contributed by atoms with Crippen molar-refractivity contribution in [3.05, 3.63) is 29.3 Å². The molecule has 2 aliphatic rings. The minimum atomic E-state index is -3.32. The van der Waals surface area contributed by atoms with E-state index < -0.39 is 10.0 Å². The molecule has 1 N–H and O–H groups in total. The van der Waals surface area contributed by atoms with E-state index in [9.17, 15) is 8.42 Å². The third kappa shape index (κ3) is 2.30. The Morgan fingerprint density at radius 1 is 1.05 bits per heavy atom. The Balaban J connectivity index is 1.91. The summed E-state index contributed by atoms with van der Waals surface area (Å²) in [6, 6.07) is 5.55. The van der Waals surface area contributed by atoms with Crippen LogP contribution in [-0.4, -0.2) is 38.9 Å². The molecule has 1 aromatic carbocycles. The SMILES string of the molecule is Cc1cc(C)cc(S(=O)(=O)N2CC3CNCC3C2)c1. The summed E-state index contributed by atoms with van der Waals surface area (Å²) in [7, 11) is -3.32. The van der Waals surface area contributed by atoms with E-state index in [-0.39, 0.29) is 0 Å². The molecule has 1 aromatic rings. The maximum absolute atomic E-state index is 12.7. The number of hydrogen-bond acceptors (Lipinski definition) is 3. The van der Waals surface area contributed by atoms with Crippen LogP contribution in [0.5, 0.6) is 0 Å². The van der Waals surface area contributed by atoms with Gasteiger partial charge in [-0.05, 0) is 62.0 Å². The molecular formula is C14H20N2O2S. The van der Waals surface area contributed by atoms with Crippen LogP contribution in [0.1, 0.15) is 11.1 Å². The molecule has 0 spiro atoms.